The van der Waals surface area contributed by atoms with Crippen molar-refractivity contribution >= 4 is 22.9 Å². The highest BCUT2D eigenvalue weighted by Crippen LogP contribution is 2.33. The first-order chi connectivity index (χ1) is 7.72. The van der Waals surface area contributed by atoms with Crippen molar-refractivity contribution in [1.29, 1.82) is 0 Å². The average Bonchev–Trinajstić information content (AvgIpc) is 2.69. The Morgan fingerprint density at radius 3 is 2.94 bits per heavy atom. The van der Waals surface area contributed by atoms with Gasteiger partial charge in [0.1, 0.15) is 0 Å². The summed E-state index contributed by atoms with van der Waals surface area (Å²) in [5.74, 6) is 0. The van der Waals surface area contributed by atoms with Crippen LogP contribution in [0.2, 0.25) is 4.34 Å². The molecule has 0 radical (unpaired) electrons. The van der Waals surface area contributed by atoms with Crippen LogP contribution in [0.5, 0.6) is 0 Å². The normalized spacial score (nSPS) is 24.6. The van der Waals surface area contributed by atoms with Crippen molar-refractivity contribution in [2.24, 2.45) is 5.73 Å². The molecule has 1 aromatic heterocycles. The van der Waals surface area contributed by atoms with Crippen molar-refractivity contribution < 1.29 is 0 Å². The maximum absolute atomic E-state index is 6.00. The summed E-state index contributed by atoms with van der Waals surface area (Å²) < 4.78 is 0.859. The molecule has 2 atom stereocenters. The molecule has 2 unspecified atom stereocenters. The second-order valence-electron chi connectivity index (χ2n) is 4.48. The van der Waals surface area contributed by atoms with Gasteiger partial charge in [-0.05, 0) is 38.4 Å². The van der Waals surface area contributed by atoms with Gasteiger partial charge < -0.3 is 5.73 Å². The number of thiophene rings is 1. The van der Waals surface area contributed by atoms with E-state index in [0.717, 1.165) is 4.34 Å². The van der Waals surface area contributed by atoms with Crippen LogP contribution in [0.4, 0.5) is 0 Å². The predicted octanol–water partition coefficient (Wildman–Crippen LogP) is 3.28. The minimum absolute atomic E-state index is 0.354. The molecule has 2 rings (SSSR count). The Morgan fingerprint density at radius 2 is 2.38 bits per heavy atom. The van der Waals surface area contributed by atoms with Crippen LogP contribution in [0.3, 0.4) is 0 Å². The van der Waals surface area contributed by atoms with Crippen molar-refractivity contribution in [2.45, 2.75) is 38.3 Å². The zero-order valence-electron chi connectivity index (χ0n) is 9.66. The molecule has 0 spiro atoms. The third-order valence-corrected chi connectivity index (χ3v) is 4.73. The maximum Gasteiger partial charge on any atom is 0.0931 e. The van der Waals surface area contributed by atoms with Crippen LogP contribution in [0, 0.1) is 0 Å². The molecule has 2 heterocycles. The zero-order chi connectivity index (χ0) is 11.5. The Labute approximate surface area is 106 Å². The second kappa shape index (κ2) is 5.50. The number of likely N-dealkylation sites (tertiary alicyclic amines) is 1. The summed E-state index contributed by atoms with van der Waals surface area (Å²) in [6.45, 7) is 4.15. The van der Waals surface area contributed by atoms with E-state index >= 15 is 0 Å². The standard InChI is InChI=1S/C12H19ClN2S/c1-9-4-2-3-7-15(9)10(8-14)11-5-6-12(13)16-11/h5-6,9-10H,2-4,7-8,14H2,1H3. The Bertz CT molecular complexity index is 340. The summed E-state index contributed by atoms with van der Waals surface area (Å²) in [7, 11) is 0. The number of rotatable bonds is 3. The lowest BCUT2D eigenvalue weighted by Gasteiger charge is -2.38. The highest BCUT2D eigenvalue weighted by Gasteiger charge is 2.27. The molecule has 4 heteroatoms. The number of hydrogen-bond donors (Lipinski definition) is 1. The molecule has 0 aromatic carbocycles. The van der Waals surface area contributed by atoms with Crippen molar-refractivity contribution in [3.8, 4) is 0 Å². The van der Waals surface area contributed by atoms with Crippen molar-refractivity contribution in [3.63, 3.8) is 0 Å². The van der Waals surface area contributed by atoms with E-state index in [1.54, 1.807) is 11.3 Å². The molecule has 1 saturated heterocycles. The molecule has 0 aliphatic carbocycles. The van der Waals surface area contributed by atoms with E-state index in [-0.39, 0.29) is 0 Å². The summed E-state index contributed by atoms with van der Waals surface area (Å²) in [5, 5.41) is 0. The first-order valence-corrected chi connectivity index (χ1v) is 7.13. The molecule has 1 aromatic rings. The summed E-state index contributed by atoms with van der Waals surface area (Å²) in [6, 6.07) is 5.08. The van der Waals surface area contributed by atoms with Gasteiger partial charge in [-0.25, -0.2) is 0 Å². The van der Waals surface area contributed by atoms with Crippen LogP contribution in [0.1, 0.15) is 37.1 Å². The number of nitrogens with two attached hydrogens (primary N) is 1. The van der Waals surface area contributed by atoms with E-state index in [0.29, 0.717) is 18.6 Å². The van der Waals surface area contributed by atoms with E-state index in [4.69, 9.17) is 17.3 Å². The molecule has 1 aliphatic rings. The third-order valence-electron chi connectivity index (χ3n) is 3.40. The van der Waals surface area contributed by atoms with Crippen LogP contribution in [-0.4, -0.2) is 24.0 Å². The zero-order valence-corrected chi connectivity index (χ0v) is 11.2. The molecule has 0 bridgehead atoms. The lowest BCUT2D eigenvalue weighted by atomic mass is 10.0. The molecule has 2 nitrogen and oxygen atoms in total. The summed E-state index contributed by atoms with van der Waals surface area (Å²) in [5.41, 5.74) is 5.93. The van der Waals surface area contributed by atoms with Gasteiger partial charge in [0.15, 0.2) is 0 Å². The smallest absolute Gasteiger partial charge is 0.0931 e. The number of piperidine rings is 1. The lowest BCUT2D eigenvalue weighted by molar-refractivity contribution is 0.111. The Balaban J connectivity index is 2.14. The topological polar surface area (TPSA) is 29.3 Å². The third kappa shape index (κ3) is 2.59. The molecular weight excluding hydrogens is 240 g/mol. The molecule has 90 valence electrons. The summed E-state index contributed by atoms with van der Waals surface area (Å²) in [4.78, 5) is 3.84. The molecule has 2 N–H and O–H groups in total. The van der Waals surface area contributed by atoms with Crippen molar-refractivity contribution in [2.75, 3.05) is 13.1 Å². The van der Waals surface area contributed by atoms with Gasteiger partial charge in [0.2, 0.25) is 0 Å². The molecular formula is C12H19ClN2S. The van der Waals surface area contributed by atoms with Crippen molar-refractivity contribution in [3.05, 3.63) is 21.3 Å². The Morgan fingerprint density at radius 1 is 1.56 bits per heavy atom. The van der Waals surface area contributed by atoms with Crippen LogP contribution < -0.4 is 5.73 Å². The van der Waals surface area contributed by atoms with Gasteiger partial charge in [0.25, 0.3) is 0 Å². The van der Waals surface area contributed by atoms with Crippen LogP contribution >= 0.6 is 22.9 Å². The predicted molar refractivity (Wildman–Crippen MR) is 71.1 cm³/mol. The average molecular weight is 259 g/mol. The van der Waals surface area contributed by atoms with Gasteiger partial charge in [-0.15, -0.1) is 11.3 Å². The number of hydrogen-bond acceptors (Lipinski definition) is 3. The van der Waals surface area contributed by atoms with Gasteiger partial charge in [-0.3, -0.25) is 4.90 Å². The minimum Gasteiger partial charge on any atom is -0.329 e. The fourth-order valence-electron chi connectivity index (χ4n) is 2.51. The van der Waals surface area contributed by atoms with E-state index in [9.17, 15) is 0 Å². The lowest BCUT2D eigenvalue weighted by Crippen LogP contribution is -2.42. The van der Waals surface area contributed by atoms with Gasteiger partial charge >= 0.3 is 0 Å². The fourth-order valence-corrected chi connectivity index (χ4v) is 3.70. The molecule has 0 saturated carbocycles. The SMILES string of the molecule is CC1CCCCN1C(CN)c1ccc(Cl)s1. The van der Waals surface area contributed by atoms with E-state index < -0.39 is 0 Å². The van der Waals surface area contributed by atoms with E-state index in [1.807, 2.05) is 6.07 Å². The monoisotopic (exact) mass is 258 g/mol. The van der Waals surface area contributed by atoms with Gasteiger partial charge in [-0.1, -0.05) is 18.0 Å². The van der Waals surface area contributed by atoms with E-state index in [2.05, 4.69) is 17.9 Å². The largest absolute Gasteiger partial charge is 0.329 e. The second-order valence-corrected chi connectivity index (χ2v) is 6.22. The van der Waals surface area contributed by atoms with Crippen LogP contribution in [0.15, 0.2) is 12.1 Å². The Hall–Kier alpha value is -0.0900. The van der Waals surface area contributed by atoms with Crippen LogP contribution in [-0.2, 0) is 0 Å². The maximum atomic E-state index is 6.00. The molecule has 1 aliphatic heterocycles. The first-order valence-electron chi connectivity index (χ1n) is 5.93. The van der Waals surface area contributed by atoms with Crippen molar-refractivity contribution in [1.82, 2.24) is 4.90 Å². The highest BCUT2D eigenvalue weighted by molar-refractivity contribution is 7.16. The highest BCUT2D eigenvalue weighted by atomic mass is 35.5. The quantitative estimate of drug-likeness (QED) is 0.902. The van der Waals surface area contributed by atoms with Gasteiger partial charge in [-0.2, -0.15) is 0 Å². The van der Waals surface area contributed by atoms with Gasteiger partial charge in [0, 0.05) is 17.5 Å². The number of halogens is 1. The van der Waals surface area contributed by atoms with Crippen LogP contribution in [0.25, 0.3) is 0 Å². The minimum atomic E-state index is 0.354. The summed E-state index contributed by atoms with van der Waals surface area (Å²) in [6.07, 6.45) is 3.93. The Kier molecular flexibility index (Phi) is 4.25. The number of nitrogens with zero attached hydrogens (tertiary/aromatic N) is 1. The fraction of sp³-hybridized carbons (Fsp3) is 0.667. The molecule has 0 amide bonds. The molecule has 16 heavy (non-hydrogen) atoms. The summed E-state index contributed by atoms with van der Waals surface area (Å²) >= 11 is 7.66. The molecule has 1 fully saturated rings. The van der Waals surface area contributed by atoms with E-state index in [1.165, 1.54) is 30.7 Å². The first kappa shape index (κ1) is 12.4. The van der Waals surface area contributed by atoms with Gasteiger partial charge in [0.05, 0.1) is 10.4 Å².